The van der Waals surface area contributed by atoms with Gasteiger partial charge in [0.25, 0.3) is 0 Å². The van der Waals surface area contributed by atoms with E-state index in [1.54, 1.807) is 19.2 Å². The van der Waals surface area contributed by atoms with E-state index in [2.05, 4.69) is 61.1 Å². The minimum Gasteiger partial charge on any atom is -0.462 e. The molecular formula is C23H26N2O3. The number of esters is 1. The number of aromatic nitrogens is 2. The van der Waals surface area contributed by atoms with Crippen LogP contribution in [0.1, 0.15) is 49.7 Å². The first-order valence-corrected chi connectivity index (χ1v) is 9.75. The monoisotopic (exact) mass is 378 g/mol. The van der Waals surface area contributed by atoms with E-state index in [0.717, 1.165) is 17.9 Å². The van der Waals surface area contributed by atoms with E-state index in [9.17, 15) is 9.59 Å². The van der Waals surface area contributed by atoms with Crippen molar-refractivity contribution in [1.82, 2.24) is 9.13 Å². The zero-order chi connectivity index (χ0) is 20.2. The van der Waals surface area contributed by atoms with E-state index in [-0.39, 0.29) is 29.1 Å². The molecule has 5 nitrogen and oxygen atoms in total. The van der Waals surface area contributed by atoms with Crippen molar-refractivity contribution in [3.8, 4) is 11.4 Å². The van der Waals surface area contributed by atoms with Crippen molar-refractivity contribution in [2.75, 3.05) is 6.61 Å². The van der Waals surface area contributed by atoms with Crippen LogP contribution in [0.15, 0.2) is 41.3 Å². The Balaban J connectivity index is 2.02. The number of ether oxygens (including phenoxy) is 1. The third-order valence-corrected chi connectivity index (χ3v) is 5.69. The first-order valence-electron chi connectivity index (χ1n) is 9.75. The number of nitrogens with zero attached hydrogens (tertiary/aromatic N) is 2. The van der Waals surface area contributed by atoms with Gasteiger partial charge in [-0.15, -0.1) is 0 Å². The van der Waals surface area contributed by atoms with Gasteiger partial charge in [-0.3, -0.25) is 4.79 Å². The molecule has 1 aliphatic heterocycles. The molecular weight excluding hydrogens is 352 g/mol. The third kappa shape index (κ3) is 2.77. The average Bonchev–Trinajstić information content (AvgIpc) is 3.00. The lowest BCUT2D eigenvalue weighted by molar-refractivity contribution is 0.0522. The van der Waals surface area contributed by atoms with Crippen molar-refractivity contribution < 1.29 is 9.53 Å². The second kappa shape index (κ2) is 6.36. The van der Waals surface area contributed by atoms with Crippen LogP contribution in [-0.4, -0.2) is 21.7 Å². The van der Waals surface area contributed by atoms with E-state index >= 15 is 0 Å². The molecule has 1 aromatic carbocycles. The smallest absolute Gasteiger partial charge is 0.343 e. The Morgan fingerprint density at radius 1 is 1.21 bits per heavy atom. The summed E-state index contributed by atoms with van der Waals surface area (Å²) in [6.45, 7) is 11.4. The number of fused-ring (bicyclic) bond motifs is 5. The van der Waals surface area contributed by atoms with Crippen molar-refractivity contribution in [2.24, 2.45) is 5.41 Å². The highest BCUT2D eigenvalue weighted by Crippen LogP contribution is 2.42. The highest BCUT2D eigenvalue weighted by molar-refractivity contribution is 5.91. The minimum absolute atomic E-state index is 0.0616. The number of benzene rings is 1. The fourth-order valence-corrected chi connectivity index (χ4v) is 4.17. The van der Waals surface area contributed by atoms with E-state index in [1.807, 2.05) is 0 Å². The molecule has 0 fully saturated rings. The number of hydrogen-bond donors (Lipinski definition) is 0. The lowest BCUT2D eigenvalue weighted by atomic mass is 9.85. The normalized spacial score (nSPS) is 16.0. The molecule has 146 valence electrons. The number of aryl methyl sites for hydroxylation is 1. The lowest BCUT2D eigenvalue weighted by Crippen LogP contribution is -2.35. The van der Waals surface area contributed by atoms with Gasteiger partial charge in [-0.2, -0.15) is 0 Å². The third-order valence-electron chi connectivity index (χ3n) is 5.69. The van der Waals surface area contributed by atoms with E-state index in [0.29, 0.717) is 0 Å². The molecule has 0 spiro atoms. The van der Waals surface area contributed by atoms with Gasteiger partial charge in [0.2, 0.25) is 0 Å². The fraction of sp³-hybridized carbons (Fsp3) is 0.391. The summed E-state index contributed by atoms with van der Waals surface area (Å²) in [7, 11) is 0. The number of hydrogen-bond acceptors (Lipinski definition) is 3. The average molecular weight is 378 g/mol. The quantitative estimate of drug-likeness (QED) is 0.615. The summed E-state index contributed by atoms with van der Waals surface area (Å²) in [5, 5.41) is 1.19. The molecule has 0 amide bonds. The van der Waals surface area contributed by atoms with Crippen LogP contribution in [0.2, 0.25) is 0 Å². The van der Waals surface area contributed by atoms with Gasteiger partial charge < -0.3 is 13.9 Å². The molecule has 1 aliphatic rings. The van der Waals surface area contributed by atoms with Crippen LogP contribution >= 0.6 is 0 Å². The van der Waals surface area contributed by atoms with Gasteiger partial charge in [-0.25, -0.2) is 4.79 Å². The summed E-state index contributed by atoms with van der Waals surface area (Å²) < 4.78 is 9.49. The molecule has 3 aromatic rings. The van der Waals surface area contributed by atoms with Crippen LogP contribution in [-0.2, 0) is 11.3 Å². The number of carbonyl (C=O) groups excluding carboxylic acids is 1. The van der Waals surface area contributed by atoms with E-state index in [1.165, 1.54) is 16.5 Å². The molecule has 2 aromatic heterocycles. The number of pyridine rings is 1. The summed E-state index contributed by atoms with van der Waals surface area (Å²) in [6, 6.07) is 10.1. The van der Waals surface area contributed by atoms with Gasteiger partial charge in [0.05, 0.1) is 24.0 Å². The SMILES string of the molecule is CCOC(=O)c1cn2c(cc1=O)-c1cc3c(C)cccc3n1CC2C(C)(C)C. The highest BCUT2D eigenvalue weighted by atomic mass is 16.5. The standard InChI is InChI=1S/C23H26N2O3/c1-6-28-22(27)16-12-25-19(11-20(16)26)18-10-15-14(2)8-7-9-17(15)24(18)13-21(25)23(3,4)5/h7-12,21H,6,13H2,1-5H3. The van der Waals surface area contributed by atoms with E-state index < -0.39 is 5.97 Å². The number of carbonyl (C=O) groups is 1. The summed E-state index contributed by atoms with van der Waals surface area (Å²) in [5.74, 6) is -0.558. The van der Waals surface area contributed by atoms with Crippen molar-refractivity contribution in [3.63, 3.8) is 0 Å². The Kier molecular flexibility index (Phi) is 4.21. The second-order valence-corrected chi connectivity index (χ2v) is 8.59. The van der Waals surface area contributed by atoms with Crippen LogP contribution in [0.25, 0.3) is 22.3 Å². The van der Waals surface area contributed by atoms with Gasteiger partial charge in [0.1, 0.15) is 5.56 Å². The maximum Gasteiger partial charge on any atom is 0.343 e. The van der Waals surface area contributed by atoms with Crippen LogP contribution < -0.4 is 5.43 Å². The maximum atomic E-state index is 12.7. The summed E-state index contributed by atoms with van der Waals surface area (Å²) >= 11 is 0. The molecule has 0 radical (unpaired) electrons. The lowest BCUT2D eigenvalue weighted by Gasteiger charge is -2.39. The van der Waals surface area contributed by atoms with Crippen molar-refractivity contribution >= 4 is 16.9 Å². The molecule has 28 heavy (non-hydrogen) atoms. The molecule has 0 aliphatic carbocycles. The minimum atomic E-state index is -0.558. The molecule has 1 atom stereocenters. The van der Waals surface area contributed by atoms with E-state index in [4.69, 9.17) is 4.74 Å². The fourth-order valence-electron chi connectivity index (χ4n) is 4.17. The maximum absolute atomic E-state index is 12.7. The summed E-state index contributed by atoms with van der Waals surface area (Å²) in [6.07, 6.45) is 1.69. The molecule has 3 heterocycles. The van der Waals surface area contributed by atoms with Gasteiger partial charge in [-0.1, -0.05) is 32.9 Å². The van der Waals surface area contributed by atoms with Crippen LogP contribution in [0.3, 0.4) is 0 Å². The first-order chi connectivity index (χ1) is 13.2. The molecule has 0 N–H and O–H groups in total. The Morgan fingerprint density at radius 3 is 2.64 bits per heavy atom. The van der Waals surface area contributed by atoms with Gasteiger partial charge >= 0.3 is 5.97 Å². The zero-order valence-electron chi connectivity index (χ0n) is 17.1. The molecule has 1 unspecified atom stereocenters. The molecule has 0 saturated carbocycles. The molecule has 5 heteroatoms. The van der Waals surface area contributed by atoms with Gasteiger partial charge in [0.15, 0.2) is 5.43 Å². The van der Waals surface area contributed by atoms with Crippen LogP contribution in [0.4, 0.5) is 0 Å². The predicted molar refractivity (Wildman–Crippen MR) is 111 cm³/mol. The Labute approximate surface area is 164 Å². The predicted octanol–water partition coefficient (Wildman–Crippen LogP) is 4.56. The largest absolute Gasteiger partial charge is 0.462 e. The summed E-state index contributed by atoms with van der Waals surface area (Å²) in [4.78, 5) is 25.0. The highest BCUT2D eigenvalue weighted by Gasteiger charge is 2.34. The first kappa shape index (κ1) is 18.5. The van der Waals surface area contributed by atoms with Crippen molar-refractivity contribution in [1.29, 1.82) is 0 Å². The molecule has 4 rings (SSSR count). The number of rotatable bonds is 2. The Morgan fingerprint density at radius 2 is 1.96 bits per heavy atom. The zero-order valence-corrected chi connectivity index (χ0v) is 17.1. The van der Waals surface area contributed by atoms with Crippen LogP contribution in [0, 0.1) is 12.3 Å². The summed E-state index contributed by atoms with van der Waals surface area (Å²) in [5.41, 5.74) is 3.99. The van der Waals surface area contributed by atoms with Crippen molar-refractivity contribution in [2.45, 2.75) is 47.2 Å². The van der Waals surface area contributed by atoms with Gasteiger partial charge in [-0.05, 0) is 37.0 Å². The van der Waals surface area contributed by atoms with Crippen LogP contribution in [0.5, 0.6) is 0 Å². The molecule has 0 saturated heterocycles. The second-order valence-electron chi connectivity index (χ2n) is 8.59. The van der Waals surface area contributed by atoms with Gasteiger partial charge in [0, 0.05) is 29.7 Å². The topological polar surface area (TPSA) is 53.2 Å². The Bertz CT molecular complexity index is 1150. The van der Waals surface area contributed by atoms with Crippen molar-refractivity contribution in [3.05, 3.63) is 57.9 Å². The molecule has 0 bridgehead atoms. The Hall–Kier alpha value is -2.82.